The summed E-state index contributed by atoms with van der Waals surface area (Å²) < 4.78 is 15.4. The first-order valence-electron chi connectivity index (χ1n) is 7.58. The Bertz CT molecular complexity index is 716. The molecule has 0 saturated carbocycles. The molecule has 0 spiro atoms. The van der Waals surface area contributed by atoms with Crippen molar-refractivity contribution in [1.82, 2.24) is 5.32 Å². The third kappa shape index (κ3) is 6.06. The zero-order valence-corrected chi connectivity index (χ0v) is 14.1. The Morgan fingerprint density at radius 1 is 0.880 bits per heavy atom. The van der Waals surface area contributed by atoms with Gasteiger partial charge in [0.25, 0.3) is 5.91 Å². The Kier molecular flexibility index (Phi) is 6.65. The van der Waals surface area contributed by atoms with Gasteiger partial charge in [-0.05, 0) is 36.4 Å². The van der Waals surface area contributed by atoms with E-state index in [0.29, 0.717) is 22.9 Å². The van der Waals surface area contributed by atoms with Crippen LogP contribution in [0.4, 0.5) is 5.69 Å². The second kappa shape index (κ2) is 9.17. The fourth-order valence-corrected chi connectivity index (χ4v) is 1.96. The summed E-state index contributed by atoms with van der Waals surface area (Å²) in [5.41, 5.74) is 0.591. The van der Waals surface area contributed by atoms with Gasteiger partial charge in [-0.1, -0.05) is 6.07 Å². The van der Waals surface area contributed by atoms with Crippen molar-refractivity contribution in [1.29, 1.82) is 0 Å². The molecule has 7 nitrogen and oxygen atoms in total. The van der Waals surface area contributed by atoms with E-state index in [9.17, 15) is 9.59 Å². The van der Waals surface area contributed by atoms with Gasteiger partial charge in [0.15, 0.2) is 6.61 Å². The summed E-state index contributed by atoms with van der Waals surface area (Å²) in [5, 5.41) is 5.16. The molecule has 0 aliphatic rings. The van der Waals surface area contributed by atoms with Crippen LogP contribution in [0.25, 0.3) is 0 Å². The van der Waals surface area contributed by atoms with Crippen LogP contribution >= 0.6 is 0 Å². The van der Waals surface area contributed by atoms with Crippen LogP contribution in [-0.4, -0.2) is 39.2 Å². The van der Waals surface area contributed by atoms with Crippen molar-refractivity contribution in [2.24, 2.45) is 0 Å². The monoisotopic (exact) mass is 344 g/mol. The molecule has 2 rings (SSSR count). The number of hydrogen-bond acceptors (Lipinski definition) is 5. The molecule has 2 aromatic carbocycles. The molecule has 2 N–H and O–H groups in total. The lowest BCUT2D eigenvalue weighted by Crippen LogP contribution is -2.35. The highest BCUT2D eigenvalue weighted by Gasteiger charge is 2.07. The number of nitrogens with one attached hydrogen (secondary N) is 2. The SMILES string of the molecule is COc1ccc(OCC(=O)NCC(=O)Nc2cccc(OC)c2)cc1. The summed E-state index contributed by atoms with van der Waals surface area (Å²) in [6.07, 6.45) is 0. The Balaban J connectivity index is 1.72. The number of carbonyl (C=O) groups excluding carboxylic acids is 2. The average Bonchev–Trinajstić information content (AvgIpc) is 2.65. The second-order valence-electron chi connectivity index (χ2n) is 5.02. The third-order valence-electron chi connectivity index (χ3n) is 3.23. The van der Waals surface area contributed by atoms with Crippen LogP contribution in [0.5, 0.6) is 17.2 Å². The zero-order chi connectivity index (χ0) is 18.1. The molecule has 0 aromatic heterocycles. The molecule has 7 heteroatoms. The van der Waals surface area contributed by atoms with E-state index < -0.39 is 5.91 Å². The third-order valence-corrected chi connectivity index (χ3v) is 3.23. The smallest absolute Gasteiger partial charge is 0.258 e. The summed E-state index contributed by atoms with van der Waals surface area (Å²) in [7, 11) is 3.11. The molecule has 2 amide bonds. The highest BCUT2D eigenvalue weighted by atomic mass is 16.5. The van der Waals surface area contributed by atoms with Crippen LogP contribution < -0.4 is 24.8 Å². The first-order chi connectivity index (χ1) is 12.1. The Labute approximate surface area is 145 Å². The van der Waals surface area contributed by atoms with E-state index in [1.165, 1.54) is 0 Å². The van der Waals surface area contributed by atoms with Gasteiger partial charge in [-0.2, -0.15) is 0 Å². The first-order valence-corrected chi connectivity index (χ1v) is 7.58. The van der Waals surface area contributed by atoms with Crippen LogP contribution in [0.2, 0.25) is 0 Å². The van der Waals surface area contributed by atoms with E-state index in [2.05, 4.69) is 10.6 Å². The fraction of sp³-hybridized carbons (Fsp3) is 0.222. The zero-order valence-electron chi connectivity index (χ0n) is 14.1. The van der Waals surface area contributed by atoms with Crippen molar-refractivity contribution in [2.45, 2.75) is 0 Å². The summed E-state index contributed by atoms with van der Waals surface area (Å²) in [6.45, 7) is -0.333. The van der Waals surface area contributed by atoms with Crippen LogP contribution in [0.15, 0.2) is 48.5 Å². The molecular formula is C18H20N2O5. The van der Waals surface area contributed by atoms with Crippen molar-refractivity contribution in [3.8, 4) is 17.2 Å². The van der Waals surface area contributed by atoms with Gasteiger partial charge in [0, 0.05) is 11.8 Å². The molecule has 0 unspecified atom stereocenters. The van der Waals surface area contributed by atoms with E-state index in [1.807, 2.05) is 0 Å². The molecular weight excluding hydrogens is 324 g/mol. The van der Waals surface area contributed by atoms with Gasteiger partial charge in [0.2, 0.25) is 5.91 Å². The van der Waals surface area contributed by atoms with Crippen LogP contribution in [0, 0.1) is 0 Å². The molecule has 0 aliphatic heterocycles. The molecule has 0 fully saturated rings. The maximum absolute atomic E-state index is 11.8. The number of anilines is 1. The molecule has 0 radical (unpaired) electrons. The summed E-state index contributed by atoms with van der Waals surface area (Å²) in [4.78, 5) is 23.6. The number of hydrogen-bond donors (Lipinski definition) is 2. The van der Waals surface area contributed by atoms with E-state index in [-0.39, 0.29) is 19.1 Å². The predicted molar refractivity (Wildman–Crippen MR) is 93.1 cm³/mol. The van der Waals surface area contributed by atoms with Crippen molar-refractivity contribution >= 4 is 17.5 Å². The lowest BCUT2D eigenvalue weighted by molar-refractivity contribution is -0.125. The van der Waals surface area contributed by atoms with E-state index in [0.717, 1.165) is 0 Å². The maximum atomic E-state index is 11.8. The lowest BCUT2D eigenvalue weighted by Gasteiger charge is -2.09. The standard InChI is InChI=1S/C18H20N2O5/c1-23-14-6-8-15(9-7-14)25-12-18(22)19-11-17(21)20-13-4-3-5-16(10-13)24-2/h3-10H,11-12H2,1-2H3,(H,19,22)(H,20,21). The molecule has 0 saturated heterocycles. The van der Waals surface area contributed by atoms with E-state index >= 15 is 0 Å². The number of ether oxygens (including phenoxy) is 3. The van der Waals surface area contributed by atoms with Gasteiger partial charge in [0.05, 0.1) is 20.8 Å². The number of methoxy groups -OCH3 is 2. The summed E-state index contributed by atoms with van der Waals surface area (Å²) >= 11 is 0. The Morgan fingerprint density at radius 2 is 1.56 bits per heavy atom. The molecule has 2 aromatic rings. The normalized spacial score (nSPS) is 9.84. The van der Waals surface area contributed by atoms with Crippen molar-refractivity contribution in [3.63, 3.8) is 0 Å². The minimum Gasteiger partial charge on any atom is -0.497 e. The molecule has 0 aliphatic carbocycles. The summed E-state index contributed by atoms with van der Waals surface area (Å²) in [6, 6.07) is 13.8. The van der Waals surface area contributed by atoms with E-state index in [1.54, 1.807) is 62.8 Å². The predicted octanol–water partition coefficient (Wildman–Crippen LogP) is 1.84. The summed E-state index contributed by atoms with van der Waals surface area (Å²) in [5.74, 6) is 1.14. The Morgan fingerprint density at radius 3 is 2.24 bits per heavy atom. The van der Waals surface area contributed by atoms with Gasteiger partial charge in [-0.25, -0.2) is 0 Å². The number of benzene rings is 2. The van der Waals surface area contributed by atoms with Crippen molar-refractivity contribution in [2.75, 3.05) is 32.7 Å². The Hall–Kier alpha value is -3.22. The topological polar surface area (TPSA) is 85.9 Å². The van der Waals surface area contributed by atoms with Crippen molar-refractivity contribution in [3.05, 3.63) is 48.5 Å². The molecule has 0 atom stereocenters. The number of carbonyl (C=O) groups is 2. The highest BCUT2D eigenvalue weighted by Crippen LogP contribution is 2.17. The highest BCUT2D eigenvalue weighted by molar-refractivity contribution is 5.94. The lowest BCUT2D eigenvalue weighted by atomic mass is 10.3. The van der Waals surface area contributed by atoms with Gasteiger partial charge < -0.3 is 24.8 Å². The average molecular weight is 344 g/mol. The van der Waals surface area contributed by atoms with Gasteiger partial charge in [-0.3, -0.25) is 9.59 Å². The van der Waals surface area contributed by atoms with Gasteiger partial charge >= 0.3 is 0 Å². The van der Waals surface area contributed by atoms with Gasteiger partial charge in [-0.15, -0.1) is 0 Å². The minimum atomic E-state index is -0.392. The second-order valence-corrected chi connectivity index (χ2v) is 5.02. The molecule has 0 heterocycles. The molecule has 132 valence electrons. The molecule has 25 heavy (non-hydrogen) atoms. The number of amides is 2. The van der Waals surface area contributed by atoms with Crippen LogP contribution in [0.1, 0.15) is 0 Å². The number of rotatable bonds is 8. The largest absolute Gasteiger partial charge is 0.497 e. The van der Waals surface area contributed by atoms with Crippen LogP contribution in [-0.2, 0) is 9.59 Å². The minimum absolute atomic E-state index is 0.151. The maximum Gasteiger partial charge on any atom is 0.258 e. The molecule has 0 bridgehead atoms. The quantitative estimate of drug-likeness (QED) is 0.763. The fourth-order valence-electron chi connectivity index (χ4n) is 1.96. The van der Waals surface area contributed by atoms with Gasteiger partial charge in [0.1, 0.15) is 17.2 Å². The first kappa shape index (κ1) is 18.1. The van der Waals surface area contributed by atoms with Crippen LogP contribution in [0.3, 0.4) is 0 Å². The van der Waals surface area contributed by atoms with E-state index in [4.69, 9.17) is 14.2 Å². The van der Waals surface area contributed by atoms with Crippen molar-refractivity contribution < 1.29 is 23.8 Å².